The smallest absolute Gasteiger partial charge is 0.400 e. The second-order valence-electron chi connectivity index (χ2n) is 10.3. The lowest BCUT2D eigenvalue weighted by Gasteiger charge is -2.34. The van der Waals surface area contributed by atoms with Crippen molar-refractivity contribution >= 4 is 0 Å². The van der Waals surface area contributed by atoms with Crippen LogP contribution in [0.3, 0.4) is 0 Å². The molecule has 1 fully saturated rings. The Kier molecular flexibility index (Phi) is 8.25. The summed E-state index contributed by atoms with van der Waals surface area (Å²) >= 11 is 0. The number of benzene rings is 2. The maximum Gasteiger partial charge on any atom is 0.400 e. The number of ether oxygens (including phenoxy) is 1. The summed E-state index contributed by atoms with van der Waals surface area (Å²) < 4.78 is 95.4. The maximum absolute atomic E-state index is 15.3. The first-order chi connectivity index (χ1) is 17.2. The minimum Gasteiger partial charge on any atom is -0.429 e. The second kappa shape index (κ2) is 11.1. The van der Waals surface area contributed by atoms with Crippen LogP contribution < -0.4 is 4.74 Å². The molecule has 1 saturated carbocycles. The van der Waals surface area contributed by atoms with Gasteiger partial charge >= 0.3 is 6.11 Å². The molecule has 36 heavy (non-hydrogen) atoms. The SMILES string of the molecule is CCCCCC1CCC(C(F)(F)Oc2ccc3c(c2F)C(F)C(F)c2c-3ccc(CCC)c2F)CC1. The van der Waals surface area contributed by atoms with Crippen LogP contribution in [0.1, 0.15) is 101 Å². The van der Waals surface area contributed by atoms with E-state index in [0.29, 0.717) is 31.6 Å². The molecule has 0 radical (unpaired) electrons. The Labute approximate surface area is 209 Å². The minimum absolute atomic E-state index is 0.0300. The predicted octanol–water partition coefficient (Wildman–Crippen LogP) is 9.98. The molecule has 0 aliphatic heterocycles. The van der Waals surface area contributed by atoms with Crippen molar-refractivity contribution in [3.63, 3.8) is 0 Å². The summed E-state index contributed by atoms with van der Waals surface area (Å²) in [5.74, 6) is -3.68. The zero-order valence-electron chi connectivity index (χ0n) is 20.9. The van der Waals surface area contributed by atoms with Gasteiger partial charge in [-0.05, 0) is 60.8 Å². The van der Waals surface area contributed by atoms with Gasteiger partial charge in [-0.1, -0.05) is 64.2 Å². The number of aryl methyl sites for hydroxylation is 1. The van der Waals surface area contributed by atoms with E-state index in [4.69, 9.17) is 4.74 Å². The van der Waals surface area contributed by atoms with Gasteiger partial charge in [0.25, 0.3) is 0 Å². The molecule has 0 N–H and O–H groups in total. The number of hydrogen-bond acceptors (Lipinski definition) is 1. The lowest BCUT2D eigenvalue weighted by atomic mass is 9.79. The molecule has 2 aromatic carbocycles. The van der Waals surface area contributed by atoms with Gasteiger partial charge in [-0.25, -0.2) is 17.6 Å². The Morgan fingerprint density at radius 2 is 1.42 bits per heavy atom. The lowest BCUT2D eigenvalue weighted by molar-refractivity contribution is -0.224. The molecule has 0 amide bonds. The Bertz CT molecular complexity index is 1060. The van der Waals surface area contributed by atoms with E-state index < -0.39 is 52.9 Å². The number of halogens is 6. The van der Waals surface area contributed by atoms with Crippen molar-refractivity contribution in [1.29, 1.82) is 0 Å². The molecule has 0 bridgehead atoms. The highest BCUT2D eigenvalue weighted by Gasteiger charge is 2.46. The molecule has 2 aromatic rings. The average Bonchev–Trinajstić information content (AvgIpc) is 2.85. The molecule has 2 aliphatic carbocycles. The first kappa shape index (κ1) is 26.9. The molecule has 0 spiro atoms. The monoisotopic (exact) mass is 512 g/mol. The minimum atomic E-state index is -3.64. The van der Waals surface area contributed by atoms with Crippen LogP contribution in [-0.2, 0) is 6.42 Å². The van der Waals surface area contributed by atoms with E-state index in [2.05, 4.69) is 6.92 Å². The topological polar surface area (TPSA) is 9.23 Å². The van der Waals surface area contributed by atoms with Crippen molar-refractivity contribution in [2.45, 2.75) is 96.5 Å². The van der Waals surface area contributed by atoms with Crippen LogP contribution >= 0.6 is 0 Å². The molecule has 2 aliphatic rings. The number of rotatable bonds is 9. The van der Waals surface area contributed by atoms with Crippen molar-refractivity contribution < 1.29 is 31.1 Å². The Morgan fingerprint density at radius 3 is 2.03 bits per heavy atom. The molecule has 2 atom stereocenters. The van der Waals surface area contributed by atoms with Crippen LogP contribution in [0, 0.1) is 23.5 Å². The highest BCUT2D eigenvalue weighted by atomic mass is 19.3. The number of unbranched alkanes of at least 4 members (excludes halogenated alkanes) is 2. The van der Waals surface area contributed by atoms with Gasteiger partial charge < -0.3 is 4.74 Å². The summed E-state index contributed by atoms with van der Waals surface area (Å²) in [6, 6.07) is 5.13. The molecule has 2 unspecified atom stereocenters. The normalized spacial score (nSPS) is 23.8. The van der Waals surface area contributed by atoms with Gasteiger partial charge in [-0.15, -0.1) is 0 Å². The van der Waals surface area contributed by atoms with Crippen LogP contribution in [0.2, 0.25) is 0 Å². The number of hydrogen-bond donors (Lipinski definition) is 0. The molecule has 1 nitrogen and oxygen atoms in total. The third-order valence-corrected chi connectivity index (χ3v) is 7.81. The summed E-state index contributed by atoms with van der Waals surface area (Å²) in [5.41, 5.74) is -0.910. The Morgan fingerprint density at radius 1 is 0.806 bits per heavy atom. The first-order valence-corrected chi connectivity index (χ1v) is 13.2. The van der Waals surface area contributed by atoms with Gasteiger partial charge in [0, 0.05) is 11.1 Å². The van der Waals surface area contributed by atoms with E-state index in [1.54, 1.807) is 0 Å². The highest BCUT2D eigenvalue weighted by molar-refractivity contribution is 5.76. The van der Waals surface area contributed by atoms with Crippen LogP contribution in [0.5, 0.6) is 5.75 Å². The van der Waals surface area contributed by atoms with Crippen molar-refractivity contribution in [1.82, 2.24) is 0 Å². The summed E-state index contributed by atoms with van der Waals surface area (Å²) in [5, 5.41) is 0. The van der Waals surface area contributed by atoms with E-state index in [1.807, 2.05) is 6.92 Å². The molecular weight excluding hydrogens is 478 g/mol. The second-order valence-corrected chi connectivity index (χ2v) is 10.3. The molecule has 0 saturated heterocycles. The largest absolute Gasteiger partial charge is 0.429 e. The third kappa shape index (κ3) is 5.12. The summed E-state index contributed by atoms with van der Waals surface area (Å²) in [6.07, 6.45) is -1.44. The van der Waals surface area contributed by atoms with Crippen LogP contribution in [0.4, 0.5) is 26.3 Å². The van der Waals surface area contributed by atoms with E-state index in [0.717, 1.165) is 31.7 Å². The van der Waals surface area contributed by atoms with Crippen LogP contribution in [0.25, 0.3) is 11.1 Å². The van der Waals surface area contributed by atoms with Gasteiger partial charge in [0.15, 0.2) is 23.9 Å². The summed E-state index contributed by atoms with van der Waals surface area (Å²) in [6.45, 7) is 3.96. The molecule has 198 valence electrons. The molecular formula is C29H34F6O. The van der Waals surface area contributed by atoms with E-state index in [1.165, 1.54) is 18.2 Å². The average molecular weight is 513 g/mol. The van der Waals surface area contributed by atoms with Crippen LogP contribution in [-0.4, -0.2) is 6.11 Å². The molecule has 0 aromatic heterocycles. The van der Waals surface area contributed by atoms with E-state index in [-0.39, 0.29) is 29.5 Å². The van der Waals surface area contributed by atoms with Crippen molar-refractivity contribution in [3.8, 4) is 16.9 Å². The van der Waals surface area contributed by atoms with Gasteiger partial charge in [-0.3, -0.25) is 0 Å². The molecule has 4 rings (SSSR count). The van der Waals surface area contributed by atoms with Gasteiger partial charge in [-0.2, -0.15) is 8.78 Å². The quantitative estimate of drug-likeness (QED) is 0.240. The zero-order chi connectivity index (χ0) is 26.0. The predicted molar refractivity (Wildman–Crippen MR) is 129 cm³/mol. The van der Waals surface area contributed by atoms with E-state index >= 15 is 22.0 Å². The lowest BCUT2D eigenvalue weighted by Crippen LogP contribution is -2.37. The summed E-state index contributed by atoms with van der Waals surface area (Å²) in [4.78, 5) is 0. The highest BCUT2D eigenvalue weighted by Crippen LogP contribution is 2.52. The zero-order valence-corrected chi connectivity index (χ0v) is 20.9. The fourth-order valence-electron chi connectivity index (χ4n) is 5.75. The maximum atomic E-state index is 15.3. The number of alkyl halides is 4. The van der Waals surface area contributed by atoms with Gasteiger partial charge in [0.2, 0.25) is 0 Å². The van der Waals surface area contributed by atoms with Crippen molar-refractivity contribution in [2.75, 3.05) is 0 Å². The third-order valence-electron chi connectivity index (χ3n) is 7.81. The molecule has 0 heterocycles. The van der Waals surface area contributed by atoms with E-state index in [9.17, 15) is 4.39 Å². The summed E-state index contributed by atoms with van der Waals surface area (Å²) in [7, 11) is 0. The number of fused-ring (bicyclic) bond motifs is 3. The van der Waals surface area contributed by atoms with Crippen LogP contribution in [0.15, 0.2) is 24.3 Å². The Hall–Kier alpha value is -2.18. The van der Waals surface area contributed by atoms with Crippen molar-refractivity contribution in [2.24, 2.45) is 11.8 Å². The Balaban J connectivity index is 1.56. The van der Waals surface area contributed by atoms with Gasteiger partial charge in [0.1, 0.15) is 5.82 Å². The standard InChI is InChI=1S/C29H34F6O/c1-3-5-6-8-17-9-12-19(13-10-17)29(34,35)36-22-16-15-21-20-14-11-18(7-4-2)25(30)23(20)27(32)28(33)24(21)26(22)31/h11,14-17,19,27-28H,3-10,12-13H2,1-2H3. The van der Waals surface area contributed by atoms with Crippen molar-refractivity contribution in [3.05, 3.63) is 52.6 Å². The molecule has 7 heteroatoms. The fourth-order valence-corrected chi connectivity index (χ4v) is 5.75. The first-order valence-electron chi connectivity index (χ1n) is 13.2. The van der Waals surface area contributed by atoms with Gasteiger partial charge in [0.05, 0.1) is 5.92 Å². The fraction of sp³-hybridized carbons (Fsp3) is 0.586.